The third-order valence-corrected chi connectivity index (χ3v) is 5.09. The van der Waals surface area contributed by atoms with Crippen molar-refractivity contribution in [2.45, 2.75) is 25.4 Å². The molecule has 4 rings (SSSR count). The molecule has 0 spiro atoms. The van der Waals surface area contributed by atoms with Crippen LogP contribution >= 0.6 is 12.4 Å². The lowest BCUT2D eigenvalue weighted by Gasteiger charge is -2.13. The van der Waals surface area contributed by atoms with E-state index in [1.165, 1.54) is 11.0 Å². The molecule has 2 aromatic carbocycles. The lowest BCUT2D eigenvalue weighted by Crippen LogP contribution is -2.37. The summed E-state index contributed by atoms with van der Waals surface area (Å²) in [6.45, 7) is 1.76. The number of benzene rings is 2. The van der Waals surface area contributed by atoms with E-state index in [-0.39, 0.29) is 36.7 Å². The number of rotatable bonds is 5. The predicted molar refractivity (Wildman–Crippen MR) is 108 cm³/mol. The molecule has 7 heteroatoms. The smallest absolute Gasteiger partial charge is 0.261 e. The van der Waals surface area contributed by atoms with E-state index >= 15 is 0 Å². The maximum absolute atomic E-state index is 12.7. The molecule has 1 unspecified atom stereocenters. The number of nitrogens with zero attached hydrogens (tertiary/aromatic N) is 1. The summed E-state index contributed by atoms with van der Waals surface area (Å²) >= 11 is 0. The summed E-state index contributed by atoms with van der Waals surface area (Å²) in [5.41, 5.74) is 1.93. The fourth-order valence-electron chi connectivity index (χ4n) is 3.59. The van der Waals surface area contributed by atoms with Crippen molar-refractivity contribution in [2.24, 2.45) is 0 Å². The van der Waals surface area contributed by atoms with Gasteiger partial charge in [0.1, 0.15) is 0 Å². The highest BCUT2D eigenvalue weighted by Crippen LogP contribution is 2.25. The molecule has 1 saturated heterocycles. The molecule has 28 heavy (non-hydrogen) atoms. The van der Waals surface area contributed by atoms with E-state index in [0.29, 0.717) is 29.3 Å². The maximum Gasteiger partial charge on any atom is 0.261 e. The zero-order chi connectivity index (χ0) is 18.8. The Morgan fingerprint density at radius 2 is 1.82 bits per heavy atom. The van der Waals surface area contributed by atoms with Crippen molar-refractivity contribution in [3.8, 4) is 0 Å². The SMILES string of the molecule is Cl.O=C(NCC1CCCN1)c1ccc2c(c1)C(=O)N(Cc1ccccc1)C2=O. The summed E-state index contributed by atoms with van der Waals surface area (Å²) in [6, 6.07) is 14.4. The first-order chi connectivity index (χ1) is 13.1. The minimum Gasteiger partial charge on any atom is -0.350 e. The molecule has 146 valence electrons. The maximum atomic E-state index is 12.7. The molecule has 0 radical (unpaired) electrons. The normalized spacial score (nSPS) is 18.0. The van der Waals surface area contributed by atoms with Crippen LogP contribution in [0.25, 0.3) is 0 Å². The van der Waals surface area contributed by atoms with Crippen LogP contribution in [0.1, 0.15) is 49.5 Å². The monoisotopic (exact) mass is 399 g/mol. The summed E-state index contributed by atoms with van der Waals surface area (Å²) in [5, 5.41) is 6.22. The molecule has 1 atom stereocenters. The summed E-state index contributed by atoms with van der Waals surface area (Å²) in [5.74, 6) is -0.903. The van der Waals surface area contributed by atoms with Crippen LogP contribution in [-0.2, 0) is 6.54 Å². The molecule has 6 nitrogen and oxygen atoms in total. The first kappa shape index (κ1) is 20.0. The van der Waals surface area contributed by atoms with Crippen molar-refractivity contribution in [3.63, 3.8) is 0 Å². The Kier molecular flexibility index (Phi) is 6.11. The Bertz CT molecular complexity index is 895. The molecular formula is C21H22ClN3O3. The summed E-state index contributed by atoms with van der Waals surface area (Å²) in [4.78, 5) is 38.9. The Balaban J connectivity index is 0.00000225. The second kappa shape index (κ2) is 8.54. The predicted octanol–water partition coefficient (Wildman–Crippen LogP) is 2.39. The number of carbonyl (C=O) groups excluding carboxylic acids is 3. The topological polar surface area (TPSA) is 78.5 Å². The van der Waals surface area contributed by atoms with Gasteiger partial charge in [-0.2, -0.15) is 0 Å². The molecule has 1 fully saturated rings. The van der Waals surface area contributed by atoms with E-state index in [4.69, 9.17) is 0 Å². The number of halogens is 1. The summed E-state index contributed by atoms with van der Waals surface area (Å²) in [6.07, 6.45) is 2.17. The van der Waals surface area contributed by atoms with Gasteiger partial charge in [0.25, 0.3) is 17.7 Å². The van der Waals surface area contributed by atoms with Gasteiger partial charge in [0.05, 0.1) is 17.7 Å². The van der Waals surface area contributed by atoms with Crippen LogP contribution in [0.4, 0.5) is 0 Å². The van der Waals surface area contributed by atoms with Crippen LogP contribution in [0.3, 0.4) is 0 Å². The zero-order valence-corrected chi connectivity index (χ0v) is 16.1. The van der Waals surface area contributed by atoms with E-state index in [1.54, 1.807) is 12.1 Å². The van der Waals surface area contributed by atoms with E-state index < -0.39 is 0 Å². The van der Waals surface area contributed by atoms with Gasteiger partial charge in [-0.25, -0.2) is 0 Å². The number of imide groups is 1. The number of fused-ring (bicyclic) bond motifs is 1. The lowest BCUT2D eigenvalue weighted by atomic mass is 10.1. The number of carbonyl (C=O) groups is 3. The van der Waals surface area contributed by atoms with Gasteiger partial charge < -0.3 is 10.6 Å². The molecule has 2 aromatic rings. The standard InChI is InChI=1S/C21H21N3O3.ClH/c25-19(23-12-16-7-4-10-22-16)15-8-9-17-18(11-15)21(27)24(20(17)26)13-14-5-2-1-3-6-14;/h1-3,5-6,8-9,11,16,22H,4,7,10,12-13H2,(H,23,25);1H. The molecule has 2 aliphatic rings. The lowest BCUT2D eigenvalue weighted by molar-refractivity contribution is 0.0642. The van der Waals surface area contributed by atoms with Crippen molar-refractivity contribution < 1.29 is 14.4 Å². The highest BCUT2D eigenvalue weighted by atomic mass is 35.5. The van der Waals surface area contributed by atoms with Gasteiger partial charge in [-0.15, -0.1) is 12.4 Å². The van der Waals surface area contributed by atoms with Gasteiger partial charge in [0.15, 0.2) is 0 Å². The summed E-state index contributed by atoms with van der Waals surface area (Å²) < 4.78 is 0. The van der Waals surface area contributed by atoms with Crippen molar-refractivity contribution in [1.29, 1.82) is 0 Å². The third kappa shape index (κ3) is 3.93. The van der Waals surface area contributed by atoms with E-state index in [9.17, 15) is 14.4 Å². The molecule has 0 aliphatic carbocycles. The van der Waals surface area contributed by atoms with Crippen LogP contribution in [0.15, 0.2) is 48.5 Å². The number of amides is 3. The van der Waals surface area contributed by atoms with Gasteiger partial charge in [0.2, 0.25) is 0 Å². The minimum atomic E-state index is -0.356. The van der Waals surface area contributed by atoms with Crippen LogP contribution in [0.2, 0.25) is 0 Å². The molecule has 2 aliphatic heterocycles. The quantitative estimate of drug-likeness (QED) is 0.757. The average molecular weight is 400 g/mol. The summed E-state index contributed by atoms with van der Waals surface area (Å²) in [7, 11) is 0. The highest BCUT2D eigenvalue weighted by molar-refractivity contribution is 6.22. The molecule has 0 bridgehead atoms. The zero-order valence-electron chi connectivity index (χ0n) is 15.3. The average Bonchev–Trinajstić information content (AvgIpc) is 3.30. The van der Waals surface area contributed by atoms with Crippen molar-refractivity contribution >= 4 is 30.1 Å². The molecule has 2 heterocycles. The largest absolute Gasteiger partial charge is 0.350 e. The minimum absolute atomic E-state index is 0. The molecule has 3 amide bonds. The number of hydrogen-bond acceptors (Lipinski definition) is 4. The first-order valence-corrected chi connectivity index (χ1v) is 9.19. The van der Waals surface area contributed by atoms with Crippen LogP contribution in [-0.4, -0.2) is 41.8 Å². The van der Waals surface area contributed by atoms with Gasteiger partial charge in [-0.1, -0.05) is 30.3 Å². The highest BCUT2D eigenvalue weighted by Gasteiger charge is 2.36. The van der Waals surface area contributed by atoms with Crippen molar-refractivity contribution in [2.75, 3.05) is 13.1 Å². The second-order valence-corrected chi connectivity index (χ2v) is 6.95. The van der Waals surface area contributed by atoms with E-state index in [0.717, 1.165) is 24.9 Å². The van der Waals surface area contributed by atoms with Gasteiger partial charge >= 0.3 is 0 Å². The van der Waals surface area contributed by atoms with Crippen LogP contribution in [0.5, 0.6) is 0 Å². The van der Waals surface area contributed by atoms with Crippen LogP contribution < -0.4 is 10.6 Å². The Labute approximate surface area is 169 Å². The van der Waals surface area contributed by atoms with Gasteiger partial charge in [-0.3, -0.25) is 19.3 Å². The molecule has 2 N–H and O–H groups in total. The van der Waals surface area contributed by atoms with Gasteiger partial charge in [0, 0.05) is 18.2 Å². The second-order valence-electron chi connectivity index (χ2n) is 6.95. The van der Waals surface area contributed by atoms with Crippen LogP contribution in [0, 0.1) is 0 Å². The fourth-order valence-corrected chi connectivity index (χ4v) is 3.59. The van der Waals surface area contributed by atoms with Gasteiger partial charge in [-0.05, 0) is 43.1 Å². The number of nitrogens with one attached hydrogen (secondary N) is 2. The van der Waals surface area contributed by atoms with Crippen molar-refractivity contribution in [1.82, 2.24) is 15.5 Å². The molecule has 0 aromatic heterocycles. The molecular weight excluding hydrogens is 378 g/mol. The fraction of sp³-hybridized carbons (Fsp3) is 0.286. The Hall–Kier alpha value is -2.70. The third-order valence-electron chi connectivity index (χ3n) is 5.09. The van der Waals surface area contributed by atoms with Crippen molar-refractivity contribution in [3.05, 3.63) is 70.8 Å². The van der Waals surface area contributed by atoms with E-state index in [1.807, 2.05) is 30.3 Å². The molecule has 0 saturated carbocycles. The Morgan fingerprint density at radius 3 is 2.54 bits per heavy atom. The van der Waals surface area contributed by atoms with E-state index in [2.05, 4.69) is 10.6 Å². The Morgan fingerprint density at radius 1 is 1.07 bits per heavy atom. The first-order valence-electron chi connectivity index (χ1n) is 9.19. The number of hydrogen-bond donors (Lipinski definition) is 2.